The number of aryl methyl sites for hydroxylation is 1. The third kappa shape index (κ3) is 3.62. The van der Waals surface area contributed by atoms with Crippen LogP contribution in [0, 0.1) is 6.92 Å². The SMILES string of the molecule is Cc1ncc(Br)c(=O)n1CCCC(F)(F)F. The second kappa shape index (κ2) is 4.99. The maximum Gasteiger partial charge on any atom is 0.389 e. The van der Waals surface area contributed by atoms with E-state index in [2.05, 4.69) is 20.9 Å². The number of rotatable bonds is 3. The first-order chi connectivity index (χ1) is 7.31. The molecule has 16 heavy (non-hydrogen) atoms. The van der Waals surface area contributed by atoms with E-state index >= 15 is 0 Å². The molecule has 0 aromatic carbocycles. The van der Waals surface area contributed by atoms with Crippen LogP contribution in [0.2, 0.25) is 0 Å². The van der Waals surface area contributed by atoms with Crippen molar-refractivity contribution in [2.45, 2.75) is 32.5 Å². The molecule has 0 aliphatic heterocycles. The Balaban J connectivity index is 2.75. The van der Waals surface area contributed by atoms with Crippen molar-refractivity contribution in [1.82, 2.24) is 9.55 Å². The van der Waals surface area contributed by atoms with Crippen LogP contribution in [0.25, 0.3) is 0 Å². The Hall–Kier alpha value is -0.850. The summed E-state index contributed by atoms with van der Waals surface area (Å²) >= 11 is 2.99. The average Bonchev–Trinajstić information content (AvgIpc) is 2.16. The molecule has 90 valence electrons. The Labute approximate surface area is 98.4 Å². The number of aromatic nitrogens is 2. The fourth-order valence-corrected chi connectivity index (χ4v) is 1.57. The highest BCUT2D eigenvalue weighted by Crippen LogP contribution is 2.21. The lowest BCUT2D eigenvalue weighted by Gasteiger charge is -2.10. The maximum absolute atomic E-state index is 11.9. The van der Waals surface area contributed by atoms with Crippen LogP contribution in [0.3, 0.4) is 0 Å². The minimum Gasteiger partial charge on any atom is -0.296 e. The van der Waals surface area contributed by atoms with Gasteiger partial charge in [-0.1, -0.05) is 0 Å². The molecule has 3 nitrogen and oxygen atoms in total. The van der Waals surface area contributed by atoms with E-state index < -0.39 is 12.6 Å². The fourth-order valence-electron chi connectivity index (χ4n) is 1.25. The van der Waals surface area contributed by atoms with Crippen molar-refractivity contribution in [3.63, 3.8) is 0 Å². The molecule has 0 aliphatic carbocycles. The molecule has 1 aromatic rings. The van der Waals surface area contributed by atoms with Gasteiger partial charge in [-0.05, 0) is 29.3 Å². The van der Waals surface area contributed by atoms with Gasteiger partial charge >= 0.3 is 6.18 Å². The Morgan fingerprint density at radius 2 is 2.12 bits per heavy atom. The van der Waals surface area contributed by atoms with Gasteiger partial charge in [-0.15, -0.1) is 0 Å². The number of nitrogens with zero attached hydrogens (tertiary/aromatic N) is 2. The monoisotopic (exact) mass is 298 g/mol. The van der Waals surface area contributed by atoms with Crippen LogP contribution in [0.1, 0.15) is 18.7 Å². The van der Waals surface area contributed by atoms with Gasteiger partial charge < -0.3 is 0 Å². The molecule has 0 saturated carbocycles. The average molecular weight is 299 g/mol. The Bertz CT molecular complexity index is 428. The molecule has 0 radical (unpaired) electrons. The van der Waals surface area contributed by atoms with Crippen molar-refractivity contribution in [2.24, 2.45) is 0 Å². The van der Waals surface area contributed by atoms with Gasteiger partial charge in [-0.2, -0.15) is 13.2 Å². The van der Waals surface area contributed by atoms with Gasteiger partial charge in [-0.25, -0.2) is 4.98 Å². The van der Waals surface area contributed by atoms with E-state index in [1.165, 1.54) is 10.8 Å². The van der Waals surface area contributed by atoms with E-state index in [4.69, 9.17) is 0 Å². The van der Waals surface area contributed by atoms with Crippen molar-refractivity contribution in [3.05, 3.63) is 26.8 Å². The second-order valence-corrected chi connectivity index (χ2v) is 4.18. The van der Waals surface area contributed by atoms with Crippen LogP contribution in [0.5, 0.6) is 0 Å². The molecule has 0 spiro atoms. The minimum atomic E-state index is -4.18. The van der Waals surface area contributed by atoms with Gasteiger partial charge in [0.2, 0.25) is 0 Å². The van der Waals surface area contributed by atoms with Gasteiger partial charge in [0, 0.05) is 19.2 Å². The summed E-state index contributed by atoms with van der Waals surface area (Å²) in [4.78, 5) is 15.4. The minimum absolute atomic E-state index is 0.0244. The Kier molecular flexibility index (Phi) is 4.12. The van der Waals surface area contributed by atoms with E-state index in [9.17, 15) is 18.0 Å². The quantitative estimate of drug-likeness (QED) is 0.860. The van der Waals surface area contributed by atoms with Gasteiger partial charge in [0.15, 0.2) is 0 Å². The summed E-state index contributed by atoms with van der Waals surface area (Å²) in [7, 11) is 0. The summed E-state index contributed by atoms with van der Waals surface area (Å²) in [6.07, 6.45) is -3.86. The van der Waals surface area contributed by atoms with Crippen LogP contribution in [0.15, 0.2) is 15.5 Å². The zero-order valence-electron chi connectivity index (χ0n) is 8.51. The molecular weight excluding hydrogens is 289 g/mol. The summed E-state index contributed by atoms with van der Waals surface area (Å²) in [5.41, 5.74) is -0.352. The lowest BCUT2D eigenvalue weighted by molar-refractivity contribution is -0.135. The van der Waals surface area contributed by atoms with Crippen molar-refractivity contribution in [2.75, 3.05) is 0 Å². The van der Waals surface area contributed by atoms with Crippen molar-refractivity contribution in [3.8, 4) is 0 Å². The van der Waals surface area contributed by atoms with Crippen LogP contribution < -0.4 is 5.56 Å². The second-order valence-electron chi connectivity index (χ2n) is 3.33. The Morgan fingerprint density at radius 1 is 1.50 bits per heavy atom. The van der Waals surface area contributed by atoms with Crippen molar-refractivity contribution >= 4 is 15.9 Å². The zero-order chi connectivity index (χ0) is 12.3. The van der Waals surface area contributed by atoms with Gasteiger partial charge in [0.05, 0.1) is 0 Å². The topological polar surface area (TPSA) is 34.9 Å². The summed E-state index contributed by atoms with van der Waals surface area (Å²) in [5, 5.41) is 0. The molecule has 0 saturated heterocycles. The summed E-state index contributed by atoms with van der Waals surface area (Å²) < 4.78 is 37.3. The standard InChI is InChI=1S/C9H10BrF3N2O/c1-6-14-5-7(10)8(16)15(6)4-2-3-9(11,12)13/h5H,2-4H2,1H3. The van der Waals surface area contributed by atoms with Crippen LogP contribution in [-0.4, -0.2) is 15.7 Å². The van der Waals surface area contributed by atoms with Crippen molar-refractivity contribution in [1.29, 1.82) is 0 Å². The highest BCUT2D eigenvalue weighted by Gasteiger charge is 2.26. The molecule has 0 unspecified atom stereocenters. The predicted octanol–water partition coefficient (Wildman–Crippen LogP) is 2.66. The van der Waals surface area contributed by atoms with Gasteiger partial charge in [0.25, 0.3) is 5.56 Å². The van der Waals surface area contributed by atoms with E-state index in [1.54, 1.807) is 6.92 Å². The molecular formula is C9H10BrF3N2O. The van der Waals surface area contributed by atoms with E-state index in [1.807, 2.05) is 0 Å². The molecule has 0 amide bonds. The molecule has 0 bridgehead atoms. The summed E-state index contributed by atoms with van der Waals surface area (Å²) in [5.74, 6) is 0.412. The lowest BCUT2D eigenvalue weighted by Crippen LogP contribution is -2.24. The highest BCUT2D eigenvalue weighted by atomic mass is 79.9. The first-order valence-electron chi connectivity index (χ1n) is 4.60. The molecule has 1 heterocycles. The van der Waals surface area contributed by atoms with Gasteiger partial charge in [-0.3, -0.25) is 9.36 Å². The first-order valence-corrected chi connectivity index (χ1v) is 5.39. The lowest BCUT2D eigenvalue weighted by atomic mass is 10.3. The largest absolute Gasteiger partial charge is 0.389 e. The van der Waals surface area contributed by atoms with E-state index in [0.29, 0.717) is 5.82 Å². The molecule has 0 fully saturated rings. The van der Waals surface area contributed by atoms with E-state index in [-0.39, 0.29) is 23.0 Å². The molecule has 0 atom stereocenters. The van der Waals surface area contributed by atoms with Gasteiger partial charge in [0.1, 0.15) is 10.3 Å². The predicted molar refractivity (Wildman–Crippen MR) is 56.2 cm³/mol. The van der Waals surface area contributed by atoms with Crippen LogP contribution in [0.4, 0.5) is 13.2 Å². The third-order valence-electron chi connectivity index (χ3n) is 2.05. The smallest absolute Gasteiger partial charge is 0.296 e. The fraction of sp³-hybridized carbons (Fsp3) is 0.556. The number of hydrogen-bond donors (Lipinski definition) is 0. The summed E-state index contributed by atoms with van der Waals surface area (Å²) in [6, 6.07) is 0. The molecule has 0 N–H and O–H groups in total. The van der Waals surface area contributed by atoms with Crippen LogP contribution in [-0.2, 0) is 6.54 Å². The molecule has 1 aromatic heterocycles. The molecule has 7 heteroatoms. The highest BCUT2D eigenvalue weighted by molar-refractivity contribution is 9.10. The van der Waals surface area contributed by atoms with E-state index in [0.717, 1.165) is 0 Å². The van der Waals surface area contributed by atoms with Crippen molar-refractivity contribution < 1.29 is 13.2 Å². The van der Waals surface area contributed by atoms with Crippen LogP contribution >= 0.6 is 15.9 Å². The maximum atomic E-state index is 11.9. The zero-order valence-corrected chi connectivity index (χ0v) is 10.1. The molecule has 1 rings (SSSR count). The number of hydrogen-bond acceptors (Lipinski definition) is 2. The molecule has 0 aliphatic rings. The normalized spacial score (nSPS) is 11.8. The number of alkyl halides is 3. The first kappa shape index (κ1) is 13.2. The third-order valence-corrected chi connectivity index (χ3v) is 2.59. The Morgan fingerprint density at radius 3 is 2.69 bits per heavy atom. The number of halogens is 4. The summed E-state index contributed by atoms with van der Waals surface area (Å²) in [6.45, 7) is 1.61.